The van der Waals surface area contributed by atoms with Crippen molar-refractivity contribution in [3.63, 3.8) is 0 Å². The van der Waals surface area contributed by atoms with Crippen LogP contribution in [0.15, 0.2) is 40.8 Å². The van der Waals surface area contributed by atoms with Crippen LogP contribution in [0.1, 0.15) is 47.6 Å². The fraction of sp³-hybridized carbons (Fsp3) is 0.381. The standard InChI is InChI=1S/C21H23N3O2S/c1-14-5-8-16(9-6-14)21(11-3-4-12-21)20(25)22-13-18-23-24-19(26-18)17-10-7-15(2)27-17/h5-10H,3-4,11-13H2,1-2H3,(H,22,25). The smallest absolute Gasteiger partial charge is 0.257 e. The number of benzene rings is 1. The largest absolute Gasteiger partial charge is 0.418 e. The number of aryl methyl sites for hydroxylation is 2. The van der Waals surface area contributed by atoms with Crippen LogP contribution in [0.4, 0.5) is 0 Å². The Hall–Kier alpha value is -2.47. The highest BCUT2D eigenvalue weighted by Crippen LogP contribution is 2.41. The topological polar surface area (TPSA) is 68.0 Å². The minimum absolute atomic E-state index is 0.0515. The van der Waals surface area contributed by atoms with Crippen molar-refractivity contribution in [1.82, 2.24) is 15.5 Å². The molecule has 140 valence electrons. The van der Waals surface area contributed by atoms with Crippen molar-refractivity contribution in [3.05, 3.63) is 58.3 Å². The zero-order chi connectivity index (χ0) is 18.9. The zero-order valence-corrected chi connectivity index (χ0v) is 16.4. The number of nitrogens with zero attached hydrogens (tertiary/aromatic N) is 2. The predicted octanol–water partition coefficient (Wildman–Crippen LogP) is 4.54. The second kappa shape index (κ2) is 7.27. The lowest BCUT2D eigenvalue weighted by Crippen LogP contribution is -2.42. The molecule has 1 amide bonds. The van der Waals surface area contributed by atoms with E-state index in [0.717, 1.165) is 36.1 Å². The van der Waals surface area contributed by atoms with Gasteiger partial charge >= 0.3 is 0 Å². The summed E-state index contributed by atoms with van der Waals surface area (Å²) < 4.78 is 5.72. The molecule has 1 aliphatic carbocycles. The molecular weight excluding hydrogens is 358 g/mol. The van der Waals surface area contributed by atoms with Gasteiger partial charge in [0, 0.05) is 4.88 Å². The molecule has 0 bridgehead atoms. The summed E-state index contributed by atoms with van der Waals surface area (Å²) in [5.41, 5.74) is 1.86. The first-order valence-electron chi connectivity index (χ1n) is 9.31. The van der Waals surface area contributed by atoms with Crippen molar-refractivity contribution in [2.45, 2.75) is 51.5 Å². The number of hydrogen-bond acceptors (Lipinski definition) is 5. The predicted molar refractivity (Wildman–Crippen MR) is 106 cm³/mol. The minimum Gasteiger partial charge on any atom is -0.418 e. The molecule has 5 nitrogen and oxygen atoms in total. The van der Waals surface area contributed by atoms with Crippen LogP contribution < -0.4 is 5.32 Å². The first kappa shape index (κ1) is 17.9. The molecule has 1 saturated carbocycles. The van der Waals surface area contributed by atoms with E-state index in [-0.39, 0.29) is 12.5 Å². The summed E-state index contributed by atoms with van der Waals surface area (Å²) in [6, 6.07) is 12.3. The maximum atomic E-state index is 13.1. The number of amides is 1. The van der Waals surface area contributed by atoms with Crippen LogP contribution in [0, 0.1) is 13.8 Å². The first-order chi connectivity index (χ1) is 13.1. The highest BCUT2D eigenvalue weighted by atomic mass is 32.1. The van der Waals surface area contributed by atoms with E-state index in [1.807, 2.05) is 19.1 Å². The highest BCUT2D eigenvalue weighted by molar-refractivity contribution is 7.15. The van der Waals surface area contributed by atoms with Crippen LogP contribution in [0.25, 0.3) is 10.8 Å². The first-order valence-corrected chi connectivity index (χ1v) is 10.1. The van der Waals surface area contributed by atoms with Crippen LogP contribution in [0.5, 0.6) is 0 Å². The molecule has 1 aromatic carbocycles. The summed E-state index contributed by atoms with van der Waals surface area (Å²) in [6.45, 7) is 4.36. The summed E-state index contributed by atoms with van der Waals surface area (Å²) in [7, 11) is 0. The molecule has 1 N–H and O–H groups in total. The number of carbonyl (C=O) groups excluding carboxylic acids is 1. The van der Waals surface area contributed by atoms with Crippen molar-refractivity contribution in [3.8, 4) is 10.8 Å². The van der Waals surface area contributed by atoms with E-state index in [1.54, 1.807) is 11.3 Å². The van der Waals surface area contributed by atoms with Gasteiger partial charge in [-0.1, -0.05) is 42.7 Å². The molecule has 2 aromatic heterocycles. The molecule has 1 aliphatic rings. The third-order valence-electron chi connectivity index (χ3n) is 5.31. The van der Waals surface area contributed by atoms with E-state index < -0.39 is 5.41 Å². The summed E-state index contributed by atoms with van der Waals surface area (Å²) in [5.74, 6) is 0.989. The number of nitrogens with one attached hydrogen (secondary N) is 1. The molecule has 0 unspecified atom stereocenters. The van der Waals surface area contributed by atoms with Crippen LogP contribution >= 0.6 is 11.3 Å². The number of aromatic nitrogens is 2. The van der Waals surface area contributed by atoms with Gasteiger partial charge in [0.05, 0.1) is 16.8 Å². The molecule has 4 rings (SSSR count). The molecule has 0 radical (unpaired) electrons. The second-order valence-electron chi connectivity index (χ2n) is 7.25. The molecule has 27 heavy (non-hydrogen) atoms. The lowest BCUT2D eigenvalue weighted by atomic mass is 9.77. The van der Waals surface area contributed by atoms with Crippen LogP contribution in [0.3, 0.4) is 0 Å². The van der Waals surface area contributed by atoms with Gasteiger partial charge in [-0.3, -0.25) is 4.79 Å². The number of rotatable bonds is 5. The fourth-order valence-electron chi connectivity index (χ4n) is 3.80. The third kappa shape index (κ3) is 3.54. The fourth-order valence-corrected chi connectivity index (χ4v) is 4.59. The van der Waals surface area contributed by atoms with Crippen molar-refractivity contribution in [2.24, 2.45) is 0 Å². The molecule has 1 fully saturated rings. The minimum atomic E-state index is -0.443. The number of hydrogen-bond donors (Lipinski definition) is 1. The third-order valence-corrected chi connectivity index (χ3v) is 6.30. The summed E-state index contributed by atoms with van der Waals surface area (Å²) in [5, 5.41) is 11.2. The van der Waals surface area contributed by atoms with Gasteiger partial charge in [0.15, 0.2) is 0 Å². The van der Waals surface area contributed by atoms with Crippen LogP contribution in [-0.2, 0) is 16.8 Å². The van der Waals surface area contributed by atoms with Crippen molar-refractivity contribution in [2.75, 3.05) is 0 Å². The van der Waals surface area contributed by atoms with Crippen molar-refractivity contribution in [1.29, 1.82) is 0 Å². The Balaban J connectivity index is 1.48. The Morgan fingerprint density at radius 2 is 1.85 bits per heavy atom. The molecular formula is C21H23N3O2S. The SMILES string of the molecule is Cc1ccc(C2(C(=O)NCc3nnc(-c4ccc(C)s4)o3)CCCC2)cc1. The Kier molecular flexibility index (Phi) is 4.83. The number of thiophene rings is 1. The Morgan fingerprint density at radius 1 is 1.11 bits per heavy atom. The van der Waals surface area contributed by atoms with Gasteiger partial charge in [0.2, 0.25) is 11.8 Å². The lowest BCUT2D eigenvalue weighted by Gasteiger charge is -2.28. The number of carbonyl (C=O) groups is 1. The van der Waals surface area contributed by atoms with Gasteiger partial charge in [0.25, 0.3) is 5.89 Å². The summed E-state index contributed by atoms with van der Waals surface area (Å²) in [6.07, 6.45) is 3.91. The Bertz CT molecular complexity index is 937. The van der Waals surface area contributed by atoms with E-state index in [9.17, 15) is 4.79 Å². The Labute approximate surface area is 162 Å². The monoisotopic (exact) mass is 381 g/mol. The summed E-state index contributed by atoms with van der Waals surface area (Å²) in [4.78, 5) is 15.2. The van der Waals surface area contributed by atoms with E-state index in [2.05, 4.69) is 46.7 Å². The summed E-state index contributed by atoms with van der Waals surface area (Å²) >= 11 is 1.61. The molecule has 0 saturated heterocycles. The molecule has 6 heteroatoms. The zero-order valence-electron chi connectivity index (χ0n) is 15.6. The molecule has 3 aromatic rings. The molecule has 0 spiro atoms. The van der Waals surface area contributed by atoms with Gasteiger partial charge < -0.3 is 9.73 Å². The average molecular weight is 382 g/mol. The van der Waals surface area contributed by atoms with Gasteiger partial charge in [-0.05, 0) is 44.4 Å². The van der Waals surface area contributed by atoms with E-state index in [1.165, 1.54) is 10.4 Å². The molecule has 0 aliphatic heterocycles. The maximum absolute atomic E-state index is 13.1. The normalized spacial score (nSPS) is 15.8. The van der Waals surface area contributed by atoms with Crippen molar-refractivity contribution >= 4 is 17.2 Å². The quantitative estimate of drug-likeness (QED) is 0.704. The van der Waals surface area contributed by atoms with E-state index in [4.69, 9.17) is 4.42 Å². The van der Waals surface area contributed by atoms with Gasteiger partial charge in [-0.2, -0.15) is 0 Å². The van der Waals surface area contributed by atoms with E-state index >= 15 is 0 Å². The van der Waals surface area contributed by atoms with E-state index in [0.29, 0.717) is 11.8 Å². The Morgan fingerprint density at radius 3 is 2.52 bits per heavy atom. The van der Waals surface area contributed by atoms with Gasteiger partial charge in [-0.25, -0.2) is 0 Å². The van der Waals surface area contributed by atoms with Crippen LogP contribution in [-0.4, -0.2) is 16.1 Å². The second-order valence-corrected chi connectivity index (χ2v) is 8.54. The average Bonchev–Trinajstić information content (AvgIpc) is 3.41. The van der Waals surface area contributed by atoms with Gasteiger partial charge in [-0.15, -0.1) is 21.5 Å². The lowest BCUT2D eigenvalue weighted by molar-refractivity contribution is -0.126. The maximum Gasteiger partial charge on any atom is 0.257 e. The highest BCUT2D eigenvalue weighted by Gasteiger charge is 2.42. The van der Waals surface area contributed by atoms with Crippen LogP contribution in [0.2, 0.25) is 0 Å². The molecule has 2 heterocycles. The van der Waals surface area contributed by atoms with Crippen molar-refractivity contribution < 1.29 is 9.21 Å². The van der Waals surface area contributed by atoms with Gasteiger partial charge in [0.1, 0.15) is 0 Å². The molecule has 0 atom stereocenters.